The maximum absolute atomic E-state index is 9.14. The van der Waals surface area contributed by atoms with Crippen molar-refractivity contribution in [2.45, 2.75) is 13.3 Å². The molecule has 0 fully saturated rings. The zero-order valence-electron chi connectivity index (χ0n) is 10.1. The Morgan fingerprint density at radius 2 is 2.11 bits per heavy atom. The largest absolute Gasteiger partial charge is 0.488 e. The fraction of sp³-hybridized carbons (Fsp3) is 0.286. The highest BCUT2D eigenvalue weighted by Gasteiger charge is 2.37. The van der Waals surface area contributed by atoms with Gasteiger partial charge in [-0.15, -0.1) is 0 Å². The van der Waals surface area contributed by atoms with Crippen molar-refractivity contribution in [1.82, 2.24) is 0 Å². The Hall–Kier alpha value is -1.70. The van der Waals surface area contributed by atoms with E-state index in [-0.39, 0.29) is 11.8 Å². The second kappa shape index (κ2) is 4.20. The fourth-order valence-corrected chi connectivity index (χ4v) is 2.25. The summed E-state index contributed by atoms with van der Waals surface area (Å²) in [5.41, 5.74) is 1.55. The summed E-state index contributed by atoms with van der Waals surface area (Å²) in [5.74, 6) is 8.72. The molecule has 18 heavy (non-hydrogen) atoms. The van der Waals surface area contributed by atoms with Crippen LogP contribution in [0.4, 0.5) is 0 Å². The molecule has 3 nitrogen and oxygen atoms in total. The van der Waals surface area contributed by atoms with Gasteiger partial charge in [0.1, 0.15) is 0 Å². The summed E-state index contributed by atoms with van der Waals surface area (Å²) in [5, 5.41) is 18.3. The van der Waals surface area contributed by atoms with Crippen molar-refractivity contribution in [2.24, 2.45) is 11.8 Å². The number of hydrogen-bond donors (Lipinski definition) is 2. The van der Waals surface area contributed by atoms with Gasteiger partial charge in [-0.2, -0.15) is 0 Å². The molecule has 0 saturated carbocycles. The van der Waals surface area contributed by atoms with E-state index in [1.54, 1.807) is 12.1 Å². The molecule has 0 bridgehead atoms. The van der Waals surface area contributed by atoms with Gasteiger partial charge in [-0.3, -0.25) is 0 Å². The number of allylic oxidation sites excluding steroid dienone is 2. The SMILES string of the molecule is CC1C#CC(Cc2cccc(B(O)O)c2)C2=C1O2. The lowest BCUT2D eigenvalue weighted by Gasteiger charge is -2.08. The normalized spacial score (nSPS) is 23.7. The predicted octanol–water partition coefficient (Wildman–Crippen LogP) is 0.420. The van der Waals surface area contributed by atoms with E-state index >= 15 is 0 Å². The maximum Gasteiger partial charge on any atom is 0.488 e. The Labute approximate surface area is 106 Å². The number of rotatable bonds is 3. The smallest absolute Gasteiger partial charge is 0.456 e. The van der Waals surface area contributed by atoms with E-state index in [1.165, 1.54) is 0 Å². The van der Waals surface area contributed by atoms with Gasteiger partial charge in [0.2, 0.25) is 0 Å². The molecule has 4 heteroatoms. The van der Waals surface area contributed by atoms with Crippen molar-refractivity contribution in [3.05, 3.63) is 41.3 Å². The molecule has 0 saturated heterocycles. The third-order valence-electron chi connectivity index (χ3n) is 3.29. The average molecular weight is 240 g/mol. The van der Waals surface area contributed by atoms with Crippen LogP contribution in [0.3, 0.4) is 0 Å². The second-order valence-corrected chi connectivity index (χ2v) is 4.72. The molecule has 1 aliphatic heterocycles. The van der Waals surface area contributed by atoms with Crippen molar-refractivity contribution in [2.75, 3.05) is 0 Å². The Kier molecular flexibility index (Phi) is 2.66. The summed E-state index contributed by atoms with van der Waals surface area (Å²) in [6.45, 7) is 2.04. The monoisotopic (exact) mass is 240 g/mol. The van der Waals surface area contributed by atoms with Crippen molar-refractivity contribution < 1.29 is 14.8 Å². The zero-order chi connectivity index (χ0) is 12.7. The van der Waals surface area contributed by atoms with Crippen LogP contribution in [-0.2, 0) is 11.2 Å². The topological polar surface area (TPSA) is 53.0 Å². The molecule has 0 radical (unpaired) electrons. The van der Waals surface area contributed by atoms with Gasteiger partial charge in [0, 0.05) is 0 Å². The van der Waals surface area contributed by atoms with E-state index < -0.39 is 7.12 Å². The van der Waals surface area contributed by atoms with Crippen LogP contribution >= 0.6 is 0 Å². The van der Waals surface area contributed by atoms with E-state index in [0.29, 0.717) is 5.46 Å². The van der Waals surface area contributed by atoms with Gasteiger partial charge >= 0.3 is 7.12 Å². The third kappa shape index (κ3) is 2.03. The van der Waals surface area contributed by atoms with Crippen LogP contribution in [0, 0.1) is 23.7 Å². The van der Waals surface area contributed by atoms with E-state index in [0.717, 1.165) is 23.5 Å². The van der Waals surface area contributed by atoms with E-state index in [1.807, 2.05) is 19.1 Å². The molecule has 2 unspecified atom stereocenters. The number of benzene rings is 1. The molecule has 2 atom stereocenters. The highest BCUT2D eigenvalue weighted by Crippen LogP contribution is 2.41. The van der Waals surface area contributed by atoms with Crippen LogP contribution in [0.5, 0.6) is 0 Å². The number of ether oxygens (including phenoxy) is 1. The first-order valence-electron chi connectivity index (χ1n) is 6.03. The Morgan fingerprint density at radius 1 is 1.28 bits per heavy atom. The quantitative estimate of drug-likeness (QED) is 0.594. The van der Waals surface area contributed by atoms with Crippen LogP contribution in [0.2, 0.25) is 0 Å². The third-order valence-corrected chi connectivity index (χ3v) is 3.29. The van der Waals surface area contributed by atoms with Crippen molar-refractivity contribution in [3.8, 4) is 11.8 Å². The average Bonchev–Trinajstić information content (AvgIpc) is 3.14. The van der Waals surface area contributed by atoms with Gasteiger partial charge in [-0.05, 0) is 24.4 Å². The minimum absolute atomic E-state index is 0.113. The highest BCUT2D eigenvalue weighted by atomic mass is 16.6. The maximum atomic E-state index is 9.14. The molecule has 1 heterocycles. The predicted molar refractivity (Wildman–Crippen MR) is 68.5 cm³/mol. The minimum Gasteiger partial charge on any atom is -0.456 e. The standard InChI is InChI=1S/C14H13BO3/c1-9-5-6-11(14-13(9)18-14)7-10-3-2-4-12(8-10)15(16)17/h2-4,8-9,11,16-17H,7H2,1H3. The number of hydrogen-bond acceptors (Lipinski definition) is 3. The van der Waals surface area contributed by atoms with Crippen molar-refractivity contribution >= 4 is 12.6 Å². The van der Waals surface area contributed by atoms with Gasteiger partial charge in [0.05, 0.1) is 11.8 Å². The first-order chi connectivity index (χ1) is 8.65. The lowest BCUT2D eigenvalue weighted by Crippen LogP contribution is -2.30. The molecule has 1 aliphatic carbocycles. The van der Waals surface area contributed by atoms with Gasteiger partial charge in [-0.25, -0.2) is 0 Å². The summed E-state index contributed by atoms with van der Waals surface area (Å²) in [7, 11) is -1.42. The summed E-state index contributed by atoms with van der Waals surface area (Å²) < 4.78 is 5.46. The van der Waals surface area contributed by atoms with E-state index in [2.05, 4.69) is 11.8 Å². The van der Waals surface area contributed by atoms with Crippen LogP contribution < -0.4 is 5.46 Å². The van der Waals surface area contributed by atoms with Crippen molar-refractivity contribution in [3.63, 3.8) is 0 Å². The molecule has 0 amide bonds. The fourth-order valence-electron chi connectivity index (χ4n) is 2.25. The van der Waals surface area contributed by atoms with Crippen LogP contribution in [-0.4, -0.2) is 17.2 Å². The zero-order valence-corrected chi connectivity index (χ0v) is 10.1. The molecule has 0 aromatic heterocycles. The highest BCUT2D eigenvalue weighted by molar-refractivity contribution is 6.58. The van der Waals surface area contributed by atoms with Gasteiger partial charge in [0.15, 0.2) is 11.5 Å². The van der Waals surface area contributed by atoms with Gasteiger partial charge in [-0.1, -0.05) is 36.1 Å². The molecule has 90 valence electrons. The lowest BCUT2D eigenvalue weighted by atomic mass is 9.79. The van der Waals surface area contributed by atoms with Gasteiger partial charge < -0.3 is 14.8 Å². The Bertz CT molecular complexity index is 580. The molecular weight excluding hydrogens is 227 g/mol. The first-order valence-corrected chi connectivity index (χ1v) is 6.03. The lowest BCUT2D eigenvalue weighted by molar-refractivity contribution is 0.417. The molecule has 0 spiro atoms. The van der Waals surface area contributed by atoms with E-state index in [9.17, 15) is 0 Å². The van der Waals surface area contributed by atoms with Crippen LogP contribution in [0.25, 0.3) is 0 Å². The molecule has 2 N–H and O–H groups in total. The van der Waals surface area contributed by atoms with Crippen molar-refractivity contribution in [1.29, 1.82) is 0 Å². The van der Waals surface area contributed by atoms with E-state index in [4.69, 9.17) is 14.8 Å². The Morgan fingerprint density at radius 3 is 2.89 bits per heavy atom. The summed E-state index contributed by atoms with van der Waals surface area (Å²) in [6.07, 6.45) is 0.749. The second-order valence-electron chi connectivity index (χ2n) is 4.72. The Balaban J connectivity index is 1.78. The summed E-state index contributed by atoms with van der Waals surface area (Å²) in [6, 6.07) is 7.29. The minimum atomic E-state index is -1.42. The summed E-state index contributed by atoms with van der Waals surface area (Å²) >= 11 is 0. The summed E-state index contributed by atoms with van der Waals surface area (Å²) in [4.78, 5) is 0. The molecule has 1 aromatic rings. The first kappa shape index (κ1) is 11.4. The molecule has 1 aromatic carbocycles. The molecular formula is C14H13BO3. The molecule has 2 aliphatic rings. The van der Waals surface area contributed by atoms with Crippen LogP contribution in [0.1, 0.15) is 12.5 Å². The van der Waals surface area contributed by atoms with Gasteiger partial charge in [0.25, 0.3) is 0 Å². The molecule has 3 rings (SSSR count). The van der Waals surface area contributed by atoms with Crippen LogP contribution in [0.15, 0.2) is 35.8 Å².